The van der Waals surface area contributed by atoms with E-state index in [9.17, 15) is 14.7 Å². The normalized spacial score (nSPS) is 38.2. The van der Waals surface area contributed by atoms with Crippen molar-refractivity contribution < 1.29 is 28.9 Å². The number of epoxide rings is 1. The second-order valence-electron chi connectivity index (χ2n) is 11.6. The van der Waals surface area contributed by atoms with E-state index in [1.165, 1.54) is 29.6 Å². The topological polar surface area (TPSA) is 97.4 Å². The predicted octanol–water partition coefficient (Wildman–Crippen LogP) is 4.66. The minimum atomic E-state index is -1.57. The number of carbonyl (C=O) groups is 2. The molecule has 1 saturated heterocycles. The molecule has 36 heavy (non-hydrogen) atoms. The lowest BCUT2D eigenvalue weighted by molar-refractivity contribution is -0.173. The van der Waals surface area contributed by atoms with Gasteiger partial charge >= 0.3 is 12.1 Å². The minimum absolute atomic E-state index is 0.144. The average molecular weight is 512 g/mol. The van der Waals surface area contributed by atoms with Crippen molar-refractivity contribution in [1.29, 1.82) is 0 Å². The van der Waals surface area contributed by atoms with Crippen LogP contribution in [0.2, 0.25) is 0 Å². The van der Waals surface area contributed by atoms with Gasteiger partial charge < -0.3 is 24.6 Å². The van der Waals surface area contributed by atoms with Gasteiger partial charge in [-0.3, -0.25) is 0 Å². The van der Waals surface area contributed by atoms with Crippen LogP contribution in [0.5, 0.6) is 0 Å². The van der Waals surface area contributed by atoms with E-state index in [1.807, 2.05) is 5.38 Å². The lowest BCUT2D eigenvalue weighted by atomic mass is 9.58. The fourth-order valence-corrected chi connectivity index (χ4v) is 8.93. The standard InChI is InChI=1S/C28H33NO6S/c1-15-13-27-26(4)20(34-23(31)22(30)21(29-24(32)33-5)16-10-11-36-14-16)12-19(25(26,2)3)28(27,35-27)18-9-7-6-8-17(15)18/h6-11,14-15,19-22,30H,12-13H2,1-5H3,(H,29,32)/t15?,19?,20?,21-,22+,26?,27-,28+/m0/s1. The molecular weight excluding hydrogens is 478 g/mol. The van der Waals surface area contributed by atoms with Crippen LogP contribution >= 0.6 is 11.3 Å². The number of thiophene rings is 1. The van der Waals surface area contributed by atoms with E-state index in [4.69, 9.17) is 14.2 Å². The first-order chi connectivity index (χ1) is 17.0. The van der Waals surface area contributed by atoms with Crippen molar-refractivity contribution in [2.24, 2.45) is 16.7 Å². The van der Waals surface area contributed by atoms with Gasteiger partial charge in [-0.05, 0) is 57.7 Å². The molecule has 1 aromatic heterocycles. The van der Waals surface area contributed by atoms with E-state index < -0.39 is 41.3 Å². The summed E-state index contributed by atoms with van der Waals surface area (Å²) in [5.74, 6) is -0.235. The third-order valence-electron chi connectivity index (χ3n) is 10.2. The summed E-state index contributed by atoms with van der Waals surface area (Å²) in [6, 6.07) is 9.41. The lowest BCUT2D eigenvalue weighted by Crippen LogP contribution is -2.53. The van der Waals surface area contributed by atoms with Crippen LogP contribution in [0, 0.1) is 16.7 Å². The van der Waals surface area contributed by atoms with E-state index in [1.54, 1.807) is 11.4 Å². The number of hydrogen-bond acceptors (Lipinski definition) is 7. The quantitative estimate of drug-likeness (QED) is 0.448. The van der Waals surface area contributed by atoms with Crippen LogP contribution in [-0.4, -0.2) is 42.1 Å². The number of fused-ring (bicyclic) bond motifs is 3. The molecule has 2 aromatic rings. The van der Waals surface area contributed by atoms with Crippen LogP contribution in [0.3, 0.4) is 0 Å². The third kappa shape index (κ3) is 2.65. The first kappa shape index (κ1) is 23.9. The summed E-state index contributed by atoms with van der Waals surface area (Å²) in [5, 5.41) is 17.2. The number of ether oxygens (including phenoxy) is 3. The fraction of sp³-hybridized carbons (Fsp3) is 0.571. The number of aliphatic hydroxyl groups excluding tert-OH is 1. The van der Waals surface area contributed by atoms with Crippen LogP contribution in [-0.2, 0) is 24.6 Å². The highest BCUT2D eigenvalue weighted by Gasteiger charge is 2.95. The molecule has 0 spiro atoms. The Bertz CT molecular complexity index is 1230. The summed E-state index contributed by atoms with van der Waals surface area (Å²) >= 11 is 1.41. The van der Waals surface area contributed by atoms with Gasteiger partial charge in [0.1, 0.15) is 17.3 Å². The molecule has 2 saturated carbocycles. The molecule has 3 fully saturated rings. The summed E-state index contributed by atoms with van der Waals surface area (Å²) in [4.78, 5) is 25.3. The van der Waals surface area contributed by atoms with Crippen molar-refractivity contribution in [2.45, 2.75) is 75.9 Å². The number of methoxy groups -OCH3 is 1. The predicted molar refractivity (Wildman–Crippen MR) is 133 cm³/mol. The van der Waals surface area contributed by atoms with Gasteiger partial charge in [-0.2, -0.15) is 11.3 Å². The molecule has 3 aliphatic carbocycles. The lowest BCUT2D eigenvalue weighted by Gasteiger charge is -2.46. The zero-order valence-corrected chi connectivity index (χ0v) is 22.1. The summed E-state index contributed by atoms with van der Waals surface area (Å²) in [6.45, 7) is 8.99. The van der Waals surface area contributed by atoms with E-state index in [2.05, 4.69) is 57.3 Å². The van der Waals surface area contributed by atoms with Crippen molar-refractivity contribution in [1.82, 2.24) is 5.32 Å². The molecule has 6 rings (SSSR count). The molecule has 0 radical (unpaired) electrons. The zero-order chi connectivity index (χ0) is 25.7. The number of rotatable bonds is 5. The molecule has 2 N–H and O–H groups in total. The van der Waals surface area contributed by atoms with Gasteiger partial charge in [0.25, 0.3) is 0 Å². The molecule has 1 aliphatic heterocycles. The summed E-state index contributed by atoms with van der Waals surface area (Å²) < 4.78 is 17.7. The SMILES string of the molecule is COC(=O)N[C@@H](c1ccsc1)[C@@H](O)C(=O)OC1CC2C(C)(C)C1(C)[C@@]13CC(C)c4ccccc4[C@@]21O3. The Kier molecular flexibility index (Phi) is 5.03. The molecule has 2 heterocycles. The number of aliphatic hydroxyl groups is 1. The Morgan fingerprint density at radius 2 is 1.97 bits per heavy atom. The van der Waals surface area contributed by atoms with Crippen molar-refractivity contribution in [3.8, 4) is 0 Å². The number of carbonyl (C=O) groups excluding carboxylic acids is 2. The Morgan fingerprint density at radius 1 is 1.22 bits per heavy atom. The smallest absolute Gasteiger partial charge is 0.407 e. The van der Waals surface area contributed by atoms with Crippen molar-refractivity contribution in [3.63, 3.8) is 0 Å². The molecule has 8 atom stereocenters. The molecule has 7 nitrogen and oxygen atoms in total. The van der Waals surface area contributed by atoms with Gasteiger partial charge in [0.05, 0.1) is 13.2 Å². The van der Waals surface area contributed by atoms with Gasteiger partial charge in [0.2, 0.25) is 0 Å². The van der Waals surface area contributed by atoms with Gasteiger partial charge in [-0.15, -0.1) is 0 Å². The first-order valence-corrected chi connectivity index (χ1v) is 13.5. The molecule has 4 unspecified atom stereocenters. The molecule has 192 valence electrons. The summed E-state index contributed by atoms with van der Waals surface area (Å²) in [6.07, 6.45) is -1.17. The second-order valence-corrected chi connectivity index (χ2v) is 12.4. The van der Waals surface area contributed by atoms with E-state index in [0.717, 1.165) is 6.42 Å². The number of benzene rings is 1. The van der Waals surface area contributed by atoms with Crippen LogP contribution in [0.25, 0.3) is 0 Å². The van der Waals surface area contributed by atoms with E-state index in [-0.39, 0.29) is 16.9 Å². The number of amides is 1. The highest BCUT2D eigenvalue weighted by Crippen LogP contribution is 2.89. The molecule has 2 bridgehead atoms. The Balaban J connectivity index is 1.31. The summed E-state index contributed by atoms with van der Waals surface area (Å²) in [5.41, 5.74) is 1.93. The highest BCUT2D eigenvalue weighted by molar-refractivity contribution is 7.08. The molecule has 1 amide bonds. The molecule has 1 aromatic carbocycles. The fourth-order valence-electron chi connectivity index (χ4n) is 8.24. The van der Waals surface area contributed by atoms with Gasteiger partial charge in [0, 0.05) is 11.3 Å². The van der Waals surface area contributed by atoms with Gasteiger partial charge in [-0.1, -0.05) is 52.0 Å². The maximum atomic E-state index is 13.4. The third-order valence-corrected chi connectivity index (χ3v) is 10.9. The minimum Gasteiger partial charge on any atom is -0.460 e. The van der Waals surface area contributed by atoms with Gasteiger partial charge in [-0.25, -0.2) is 9.59 Å². The Labute approximate surface area is 215 Å². The number of hydrogen-bond donors (Lipinski definition) is 2. The first-order valence-electron chi connectivity index (χ1n) is 12.6. The van der Waals surface area contributed by atoms with Crippen LogP contribution in [0.1, 0.15) is 69.2 Å². The van der Waals surface area contributed by atoms with Crippen LogP contribution < -0.4 is 5.32 Å². The van der Waals surface area contributed by atoms with Crippen LogP contribution in [0.4, 0.5) is 4.79 Å². The Morgan fingerprint density at radius 3 is 2.67 bits per heavy atom. The van der Waals surface area contributed by atoms with Crippen molar-refractivity contribution in [3.05, 3.63) is 57.8 Å². The second kappa shape index (κ2) is 7.55. The number of nitrogens with one attached hydrogen (secondary N) is 1. The molecule has 4 aliphatic rings. The van der Waals surface area contributed by atoms with Crippen molar-refractivity contribution in [2.75, 3.05) is 7.11 Å². The molecule has 8 heteroatoms. The zero-order valence-electron chi connectivity index (χ0n) is 21.2. The van der Waals surface area contributed by atoms with Crippen LogP contribution in [0.15, 0.2) is 41.1 Å². The average Bonchev–Trinajstić information content (AvgIpc) is 3.12. The summed E-state index contributed by atoms with van der Waals surface area (Å²) in [7, 11) is 1.24. The maximum Gasteiger partial charge on any atom is 0.407 e. The highest BCUT2D eigenvalue weighted by atomic mass is 32.1. The maximum absolute atomic E-state index is 13.4. The monoisotopic (exact) mass is 511 g/mol. The van der Waals surface area contributed by atoms with E-state index in [0.29, 0.717) is 17.9 Å². The number of alkyl carbamates (subject to hydrolysis) is 1. The van der Waals surface area contributed by atoms with E-state index >= 15 is 0 Å². The largest absolute Gasteiger partial charge is 0.460 e. The number of esters is 1. The van der Waals surface area contributed by atoms with Gasteiger partial charge in [0.15, 0.2) is 6.10 Å². The molecular formula is C28H33NO6S. The van der Waals surface area contributed by atoms with Crippen molar-refractivity contribution >= 4 is 23.4 Å². The Hall–Kier alpha value is -2.42.